The third-order valence-electron chi connectivity index (χ3n) is 2.84. The average Bonchev–Trinajstić information content (AvgIpc) is 2.25. The van der Waals surface area contributed by atoms with Gasteiger partial charge < -0.3 is 10.0 Å². The van der Waals surface area contributed by atoms with Crippen LogP contribution in [0.1, 0.15) is 18.1 Å². The van der Waals surface area contributed by atoms with E-state index in [1.54, 1.807) is 6.07 Å². The highest BCUT2D eigenvalue weighted by Gasteiger charge is 2.28. The minimum absolute atomic E-state index is 0.321. The molecule has 0 saturated carbocycles. The average molecular weight is 247 g/mol. The fourth-order valence-corrected chi connectivity index (χ4v) is 4.32. The lowest BCUT2D eigenvalue weighted by Gasteiger charge is -2.23. The minimum Gasteiger partial charge on any atom is -0.423 e. The quantitative estimate of drug-likeness (QED) is 0.757. The van der Waals surface area contributed by atoms with Crippen molar-refractivity contribution in [1.82, 2.24) is 0 Å². The van der Waals surface area contributed by atoms with Gasteiger partial charge in [-0.1, -0.05) is 38.7 Å². The van der Waals surface area contributed by atoms with Crippen molar-refractivity contribution in [3.63, 3.8) is 0 Å². The van der Waals surface area contributed by atoms with Crippen molar-refractivity contribution >= 4 is 25.8 Å². The van der Waals surface area contributed by atoms with Crippen LogP contribution < -0.4 is 10.6 Å². The number of hydrogen-bond acceptors (Lipinski definition) is 3. The summed E-state index contributed by atoms with van der Waals surface area (Å²) in [5.41, 5.74) is 1.92. The molecule has 90 valence electrons. The molecule has 0 aliphatic carbocycles. The van der Waals surface area contributed by atoms with Crippen molar-refractivity contribution in [1.29, 1.82) is 5.26 Å². The fourth-order valence-electron chi connectivity index (χ4n) is 2.15. The molecular weight excluding hydrogens is 229 g/mol. The van der Waals surface area contributed by atoms with E-state index in [4.69, 9.17) is 0 Å². The summed E-state index contributed by atoms with van der Waals surface area (Å²) >= 11 is 0. The van der Waals surface area contributed by atoms with Gasteiger partial charge >= 0.3 is 7.12 Å². The Morgan fingerprint density at radius 2 is 1.88 bits per heavy atom. The largest absolute Gasteiger partial charge is 0.489 e. The molecule has 17 heavy (non-hydrogen) atoms. The molecule has 0 saturated heterocycles. The summed E-state index contributed by atoms with van der Waals surface area (Å²) < 4.78 is 0. The number of hydrogen-bond donors (Lipinski definition) is 2. The Hall–Kier alpha value is -1.09. The van der Waals surface area contributed by atoms with E-state index in [1.165, 1.54) is 0 Å². The molecule has 0 spiro atoms. The molecule has 0 radical (unpaired) electrons. The first kappa shape index (κ1) is 14.0. The van der Waals surface area contributed by atoms with Crippen LogP contribution in [0.3, 0.4) is 0 Å². The van der Waals surface area contributed by atoms with Gasteiger partial charge in [0.2, 0.25) is 0 Å². The summed E-state index contributed by atoms with van der Waals surface area (Å²) in [5.74, 6) is 0. The van der Waals surface area contributed by atoms with E-state index in [0.717, 1.165) is 17.2 Å². The van der Waals surface area contributed by atoms with Crippen LogP contribution in [0.15, 0.2) is 12.1 Å². The summed E-state index contributed by atoms with van der Waals surface area (Å²) in [7, 11) is -3.26. The maximum Gasteiger partial charge on any atom is 0.489 e. The molecule has 0 aliphatic heterocycles. The van der Waals surface area contributed by atoms with E-state index in [1.807, 2.05) is 6.07 Å². The molecule has 0 amide bonds. The Bertz CT molecular complexity index is 461. The summed E-state index contributed by atoms with van der Waals surface area (Å²) in [4.78, 5) is 0. The third kappa shape index (κ3) is 2.78. The molecule has 1 aromatic rings. The summed E-state index contributed by atoms with van der Waals surface area (Å²) in [6, 6.07) is 5.69. The first-order valence-corrected chi connectivity index (χ1v) is 9.25. The summed E-state index contributed by atoms with van der Waals surface area (Å²) in [5, 5.41) is 28.9. The van der Waals surface area contributed by atoms with Gasteiger partial charge in [-0.15, -0.1) is 0 Å². The first-order valence-electron chi connectivity index (χ1n) is 5.75. The van der Waals surface area contributed by atoms with Gasteiger partial charge in [-0.05, 0) is 22.6 Å². The zero-order valence-corrected chi connectivity index (χ0v) is 11.8. The predicted octanol–water partition coefficient (Wildman–Crippen LogP) is 0.346. The normalized spacial score (nSPS) is 11.1. The van der Waals surface area contributed by atoms with Crippen LogP contribution in [-0.2, 0) is 6.42 Å². The molecule has 0 unspecified atom stereocenters. The van der Waals surface area contributed by atoms with E-state index in [9.17, 15) is 15.3 Å². The van der Waals surface area contributed by atoms with Gasteiger partial charge in [-0.3, -0.25) is 0 Å². The van der Waals surface area contributed by atoms with Gasteiger partial charge in [0.25, 0.3) is 0 Å². The molecule has 3 nitrogen and oxygen atoms in total. The second-order valence-electron chi connectivity index (χ2n) is 5.15. The van der Waals surface area contributed by atoms with Crippen molar-refractivity contribution in [2.75, 3.05) is 0 Å². The smallest absolute Gasteiger partial charge is 0.423 e. The van der Waals surface area contributed by atoms with Crippen molar-refractivity contribution in [2.24, 2.45) is 0 Å². The van der Waals surface area contributed by atoms with Crippen LogP contribution >= 0.6 is 0 Å². The lowest BCUT2D eigenvalue weighted by atomic mass is 9.76. The first-order chi connectivity index (χ1) is 7.82. The maximum atomic E-state index is 9.31. The fraction of sp³-hybridized carbons (Fsp3) is 0.417. The lowest BCUT2D eigenvalue weighted by Crippen LogP contribution is -2.47. The molecule has 0 aliphatic rings. The molecule has 1 aromatic carbocycles. The van der Waals surface area contributed by atoms with Crippen LogP contribution in [0.5, 0.6) is 0 Å². The highest BCUT2D eigenvalue weighted by atomic mass is 28.3. The lowest BCUT2D eigenvalue weighted by molar-refractivity contribution is 0.425. The van der Waals surface area contributed by atoms with Gasteiger partial charge in [0.15, 0.2) is 0 Å². The topological polar surface area (TPSA) is 64.2 Å². The van der Waals surface area contributed by atoms with Crippen LogP contribution in [-0.4, -0.2) is 25.2 Å². The van der Waals surface area contributed by atoms with Crippen molar-refractivity contribution in [3.8, 4) is 6.07 Å². The van der Waals surface area contributed by atoms with Gasteiger partial charge in [-0.25, -0.2) is 0 Å². The number of rotatable bonds is 3. The second kappa shape index (κ2) is 5.05. The van der Waals surface area contributed by atoms with Gasteiger partial charge in [0.05, 0.1) is 19.7 Å². The zero-order chi connectivity index (χ0) is 13.2. The SMILES string of the molecule is CCc1ccc(B(O)O)c(C#N)c1[Si](C)(C)C. The monoisotopic (exact) mass is 247 g/mol. The van der Waals surface area contributed by atoms with Crippen LogP contribution in [0.25, 0.3) is 0 Å². The van der Waals surface area contributed by atoms with Crippen LogP contribution in [0.4, 0.5) is 0 Å². The molecule has 0 fully saturated rings. The molecule has 0 heterocycles. The van der Waals surface area contributed by atoms with E-state index in [0.29, 0.717) is 11.0 Å². The van der Waals surface area contributed by atoms with E-state index >= 15 is 0 Å². The second-order valence-corrected chi connectivity index (χ2v) is 10.2. The highest BCUT2D eigenvalue weighted by molar-refractivity contribution is 6.89. The van der Waals surface area contributed by atoms with E-state index in [2.05, 4.69) is 32.6 Å². The number of benzene rings is 1. The molecule has 0 atom stereocenters. The van der Waals surface area contributed by atoms with E-state index in [-0.39, 0.29) is 0 Å². The van der Waals surface area contributed by atoms with Gasteiger partial charge in [-0.2, -0.15) is 5.26 Å². The van der Waals surface area contributed by atoms with Crippen molar-refractivity contribution < 1.29 is 10.0 Å². The van der Waals surface area contributed by atoms with Gasteiger partial charge in [0.1, 0.15) is 0 Å². The van der Waals surface area contributed by atoms with E-state index < -0.39 is 15.2 Å². The molecular formula is C12H18BNO2Si. The molecule has 0 aromatic heterocycles. The Balaban J connectivity index is 3.63. The Kier molecular flexibility index (Phi) is 4.15. The standard InChI is InChI=1S/C12H18BNO2Si/c1-5-9-6-7-11(13(15)16)10(8-14)12(9)17(2,3)4/h6-7,15-16H,5H2,1-4H3. The molecule has 1 rings (SSSR count). The minimum atomic E-state index is -1.69. The van der Waals surface area contributed by atoms with Crippen molar-refractivity contribution in [2.45, 2.75) is 33.0 Å². The molecule has 2 N–H and O–H groups in total. The summed E-state index contributed by atoms with van der Waals surface area (Å²) in [6.07, 6.45) is 0.857. The predicted molar refractivity (Wildman–Crippen MR) is 73.3 cm³/mol. The Labute approximate surface area is 104 Å². The van der Waals surface area contributed by atoms with Crippen LogP contribution in [0.2, 0.25) is 19.6 Å². The number of nitrogens with zero attached hydrogens (tertiary/aromatic N) is 1. The Morgan fingerprint density at radius 1 is 1.29 bits per heavy atom. The number of nitriles is 1. The Morgan fingerprint density at radius 3 is 2.24 bits per heavy atom. The third-order valence-corrected chi connectivity index (χ3v) is 4.92. The maximum absolute atomic E-state index is 9.31. The van der Waals surface area contributed by atoms with Gasteiger partial charge in [0, 0.05) is 0 Å². The molecule has 5 heteroatoms. The highest BCUT2D eigenvalue weighted by Crippen LogP contribution is 2.11. The molecule has 0 bridgehead atoms. The summed E-state index contributed by atoms with van der Waals surface area (Å²) in [6.45, 7) is 8.54. The zero-order valence-electron chi connectivity index (χ0n) is 10.8. The number of aryl methyl sites for hydroxylation is 1. The van der Waals surface area contributed by atoms with Crippen LogP contribution in [0, 0.1) is 11.3 Å². The van der Waals surface area contributed by atoms with Crippen molar-refractivity contribution in [3.05, 3.63) is 23.3 Å².